The van der Waals surface area contributed by atoms with Crippen molar-refractivity contribution in [2.45, 2.75) is 20.0 Å². The van der Waals surface area contributed by atoms with Crippen molar-refractivity contribution in [2.75, 3.05) is 5.32 Å². The van der Waals surface area contributed by atoms with Gasteiger partial charge in [0.05, 0.1) is 6.54 Å². The van der Waals surface area contributed by atoms with E-state index >= 15 is 0 Å². The number of nitrogens with zero attached hydrogens (tertiary/aromatic N) is 4. The zero-order valence-corrected chi connectivity index (χ0v) is 12.9. The molecular formula is C16H15F2N5O. The number of aromatic nitrogens is 4. The van der Waals surface area contributed by atoms with Gasteiger partial charge in [-0.2, -0.15) is 23.7 Å². The van der Waals surface area contributed by atoms with Crippen molar-refractivity contribution in [3.05, 3.63) is 65.6 Å². The van der Waals surface area contributed by atoms with Gasteiger partial charge >= 0.3 is 6.55 Å². The number of aryl methyl sites for hydroxylation is 1. The molecule has 2 aromatic heterocycles. The Kier molecular flexibility index (Phi) is 4.37. The van der Waals surface area contributed by atoms with E-state index in [0.29, 0.717) is 11.2 Å². The van der Waals surface area contributed by atoms with Crippen LogP contribution in [0.1, 0.15) is 28.2 Å². The minimum atomic E-state index is -2.88. The topological polar surface area (TPSA) is 64.7 Å². The lowest BCUT2D eigenvalue weighted by molar-refractivity contribution is 0.0520. The van der Waals surface area contributed by atoms with Gasteiger partial charge in [0.1, 0.15) is 5.69 Å². The molecule has 124 valence electrons. The molecule has 0 saturated heterocycles. The molecular weight excluding hydrogens is 316 g/mol. The van der Waals surface area contributed by atoms with Crippen molar-refractivity contribution in [1.82, 2.24) is 19.6 Å². The Bertz CT molecular complexity index is 856. The fraction of sp³-hybridized carbons (Fsp3) is 0.188. The van der Waals surface area contributed by atoms with E-state index in [1.165, 1.54) is 6.07 Å². The number of hydrogen-bond donors (Lipinski definition) is 1. The highest BCUT2D eigenvalue weighted by atomic mass is 19.3. The minimum absolute atomic E-state index is 0.224. The van der Waals surface area contributed by atoms with Crippen LogP contribution in [0, 0.1) is 6.92 Å². The van der Waals surface area contributed by atoms with E-state index in [-0.39, 0.29) is 11.5 Å². The number of rotatable bonds is 5. The maximum atomic E-state index is 12.7. The molecule has 1 amide bonds. The molecule has 6 nitrogen and oxygen atoms in total. The van der Waals surface area contributed by atoms with Crippen LogP contribution in [0.4, 0.5) is 14.6 Å². The summed E-state index contributed by atoms with van der Waals surface area (Å²) in [5, 5.41) is 10.2. The van der Waals surface area contributed by atoms with Crippen LogP contribution in [0.5, 0.6) is 0 Å². The molecule has 3 aromatic rings. The average molecular weight is 331 g/mol. The summed E-state index contributed by atoms with van der Waals surface area (Å²) in [6.07, 6.45) is 2.87. The number of amides is 1. The van der Waals surface area contributed by atoms with Gasteiger partial charge in [-0.15, -0.1) is 0 Å². The number of anilines is 1. The van der Waals surface area contributed by atoms with Crippen molar-refractivity contribution in [3.8, 4) is 0 Å². The maximum absolute atomic E-state index is 12.7. The van der Waals surface area contributed by atoms with Crippen LogP contribution in [0.3, 0.4) is 0 Å². The summed E-state index contributed by atoms with van der Waals surface area (Å²) in [5.41, 5.74) is 2.02. The number of benzene rings is 1. The number of halogens is 2. The van der Waals surface area contributed by atoms with Crippen molar-refractivity contribution in [2.24, 2.45) is 0 Å². The minimum Gasteiger partial charge on any atom is -0.304 e. The van der Waals surface area contributed by atoms with E-state index < -0.39 is 12.5 Å². The summed E-state index contributed by atoms with van der Waals surface area (Å²) >= 11 is 0. The molecule has 0 aliphatic carbocycles. The van der Waals surface area contributed by atoms with Gasteiger partial charge < -0.3 is 5.32 Å². The van der Waals surface area contributed by atoms with Crippen molar-refractivity contribution in [1.29, 1.82) is 0 Å². The largest absolute Gasteiger partial charge is 0.333 e. The van der Waals surface area contributed by atoms with Gasteiger partial charge in [0, 0.05) is 18.5 Å². The van der Waals surface area contributed by atoms with E-state index in [1.807, 2.05) is 31.2 Å². The summed E-state index contributed by atoms with van der Waals surface area (Å²) in [7, 11) is 0. The Balaban J connectivity index is 1.71. The third kappa shape index (κ3) is 3.32. The Morgan fingerprint density at radius 1 is 1.25 bits per heavy atom. The number of carbonyl (C=O) groups is 1. The van der Waals surface area contributed by atoms with Crippen LogP contribution < -0.4 is 5.32 Å². The molecule has 3 rings (SSSR count). The fourth-order valence-corrected chi connectivity index (χ4v) is 2.31. The molecule has 0 atom stereocenters. The van der Waals surface area contributed by atoms with Gasteiger partial charge in [-0.25, -0.2) is 0 Å². The molecule has 0 fully saturated rings. The summed E-state index contributed by atoms with van der Waals surface area (Å²) in [4.78, 5) is 12.1. The first-order valence-electron chi connectivity index (χ1n) is 7.25. The van der Waals surface area contributed by atoms with E-state index in [9.17, 15) is 13.6 Å². The molecule has 1 aromatic carbocycles. The van der Waals surface area contributed by atoms with Gasteiger partial charge in [0.25, 0.3) is 5.91 Å². The molecule has 24 heavy (non-hydrogen) atoms. The zero-order valence-electron chi connectivity index (χ0n) is 12.9. The average Bonchev–Trinajstić information content (AvgIpc) is 3.19. The van der Waals surface area contributed by atoms with E-state index in [4.69, 9.17) is 0 Å². The van der Waals surface area contributed by atoms with Gasteiger partial charge in [-0.3, -0.25) is 9.48 Å². The molecule has 1 N–H and O–H groups in total. The summed E-state index contributed by atoms with van der Waals surface area (Å²) in [5.74, 6) is -0.399. The Morgan fingerprint density at radius 2 is 2.04 bits per heavy atom. The second-order valence-electron chi connectivity index (χ2n) is 5.22. The quantitative estimate of drug-likeness (QED) is 0.781. The lowest BCUT2D eigenvalue weighted by Crippen LogP contribution is -2.18. The van der Waals surface area contributed by atoms with Gasteiger partial charge in [-0.1, -0.05) is 24.3 Å². The smallest absolute Gasteiger partial charge is 0.304 e. The maximum Gasteiger partial charge on any atom is 0.333 e. The van der Waals surface area contributed by atoms with E-state index in [2.05, 4.69) is 15.5 Å². The van der Waals surface area contributed by atoms with Gasteiger partial charge in [0.2, 0.25) is 0 Å². The zero-order chi connectivity index (χ0) is 17.1. The van der Waals surface area contributed by atoms with E-state index in [0.717, 1.165) is 17.3 Å². The third-order valence-electron chi connectivity index (χ3n) is 3.56. The molecule has 0 radical (unpaired) electrons. The highest BCUT2D eigenvalue weighted by molar-refractivity contribution is 6.02. The number of alkyl halides is 2. The predicted octanol–water partition coefficient (Wildman–Crippen LogP) is 3.08. The first-order valence-corrected chi connectivity index (χ1v) is 7.25. The molecule has 0 bridgehead atoms. The number of carbonyl (C=O) groups excluding carboxylic acids is 1. The third-order valence-corrected chi connectivity index (χ3v) is 3.56. The number of nitrogens with one attached hydrogen (secondary N) is 1. The summed E-state index contributed by atoms with van der Waals surface area (Å²) in [6, 6.07) is 10.7. The van der Waals surface area contributed by atoms with Crippen LogP contribution in [0.2, 0.25) is 0 Å². The standard InChI is InChI=1S/C16H15F2N5O/c1-11-4-2-3-5-12(11)10-22-9-7-14(21-22)20-15(24)13-6-8-19-23(13)16(17)18/h2-9,16H,10H2,1H3,(H,20,21,24). The van der Waals surface area contributed by atoms with Crippen molar-refractivity contribution >= 4 is 11.7 Å². The molecule has 0 aliphatic rings. The predicted molar refractivity (Wildman–Crippen MR) is 83.9 cm³/mol. The normalized spacial score (nSPS) is 11.0. The molecule has 8 heteroatoms. The Morgan fingerprint density at radius 3 is 2.79 bits per heavy atom. The lowest BCUT2D eigenvalue weighted by atomic mass is 10.1. The Hall–Kier alpha value is -3.03. The lowest BCUT2D eigenvalue weighted by Gasteiger charge is -2.06. The second-order valence-corrected chi connectivity index (χ2v) is 5.22. The van der Waals surface area contributed by atoms with Crippen LogP contribution in [0.15, 0.2) is 48.8 Å². The first-order chi connectivity index (χ1) is 11.5. The van der Waals surface area contributed by atoms with Crippen molar-refractivity contribution in [3.63, 3.8) is 0 Å². The van der Waals surface area contributed by atoms with Crippen molar-refractivity contribution < 1.29 is 13.6 Å². The fourth-order valence-electron chi connectivity index (χ4n) is 2.31. The van der Waals surface area contributed by atoms with Crippen LogP contribution in [-0.2, 0) is 6.54 Å². The monoisotopic (exact) mass is 331 g/mol. The van der Waals surface area contributed by atoms with Crippen LogP contribution >= 0.6 is 0 Å². The molecule has 0 saturated carbocycles. The van der Waals surface area contributed by atoms with E-state index in [1.54, 1.807) is 16.9 Å². The number of hydrogen-bond acceptors (Lipinski definition) is 3. The molecule has 0 unspecified atom stereocenters. The molecule has 0 aliphatic heterocycles. The highest BCUT2D eigenvalue weighted by Gasteiger charge is 2.18. The highest BCUT2D eigenvalue weighted by Crippen LogP contribution is 2.14. The Labute approximate surface area is 136 Å². The summed E-state index contributed by atoms with van der Waals surface area (Å²) < 4.78 is 27.5. The first kappa shape index (κ1) is 15.9. The van der Waals surface area contributed by atoms with Gasteiger partial charge in [0.15, 0.2) is 5.82 Å². The SMILES string of the molecule is Cc1ccccc1Cn1ccc(NC(=O)c2ccnn2C(F)F)n1. The van der Waals surface area contributed by atoms with Gasteiger partial charge in [-0.05, 0) is 24.1 Å². The molecule has 2 heterocycles. The second kappa shape index (κ2) is 6.61. The van der Waals surface area contributed by atoms with Crippen LogP contribution in [-0.4, -0.2) is 25.5 Å². The molecule has 0 spiro atoms. The summed E-state index contributed by atoms with van der Waals surface area (Å²) in [6.45, 7) is -0.316. The van der Waals surface area contributed by atoms with Crippen LogP contribution in [0.25, 0.3) is 0 Å².